The third kappa shape index (κ3) is 2.87. The Kier molecular flexibility index (Phi) is 3.70. The van der Waals surface area contributed by atoms with Gasteiger partial charge in [0.2, 0.25) is 0 Å². The molecule has 15 heavy (non-hydrogen) atoms. The molecule has 0 radical (unpaired) electrons. The molecule has 0 aromatic carbocycles. The average molecular weight is 355 g/mol. The lowest BCUT2D eigenvalue weighted by molar-refractivity contribution is -0.140. The second-order valence-corrected chi connectivity index (χ2v) is 4.06. The molecule has 0 bridgehead atoms. The Morgan fingerprint density at radius 3 is 2.13 bits per heavy atom. The molecule has 8 heteroatoms. The van der Waals surface area contributed by atoms with Crippen molar-refractivity contribution in [1.29, 1.82) is 0 Å². The number of pyridine rings is 1. The Hall–Kier alpha value is -0.240. The first-order valence-corrected chi connectivity index (χ1v) is 5.03. The summed E-state index contributed by atoms with van der Waals surface area (Å²) in [5, 5.41) is 0. The molecule has 84 valence electrons. The van der Waals surface area contributed by atoms with Gasteiger partial charge in [-0.2, -0.15) is 13.2 Å². The molecule has 0 N–H and O–H groups in total. The van der Waals surface area contributed by atoms with E-state index in [9.17, 15) is 22.0 Å². The molecule has 0 fully saturated rings. The Morgan fingerprint density at radius 1 is 1.20 bits per heavy atom. The molecule has 0 aliphatic heterocycles. The molecule has 1 rings (SSSR count). The molecule has 0 aliphatic carbocycles. The number of rotatable bonds is 1. The third-order valence-corrected chi connectivity index (χ3v) is 2.47. The van der Waals surface area contributed by atoms with Crippen molar-refractivity contribution in [3.8, 4) is 0 Å². The van der Waals surface area contributed by atoms with Crippen molar-refractivity contribution in [1.82, 2.24) is 4.98 Å². The first-order chi connectivity index (χ1) is 6.73. The number of aromatic nitrogens is 1. The van der Waals surface area contributed by atoms with Gasteiger partial charge in [0.15, 0.2) is 0 Å². The summed E-state index contributed by atoms with van der Waals surface area (Å²) in [5.74, 6) is 0. The van der Waals surface area contributed by atoms with Crippen molar-refractivity contribution in [2.24, 2.45) is 0 Å². The van der Waals surface area contributed by atoms with E-state index in [0.717, 1.165) is 0 Å². The summed E-state index contributed by atoms with van der Waals surface area (Å²) >= 11 is 5.25. The van der Waals surface area contributed by atoms with Gasteiger partial charge in [-0.3, -0.25) is 0 Å². The van der Waals surface area contributed by atoms with Crippen LogP contribution in [0.25, 0.3) is 0 Å². The number of hydrogen-bond donors (Lipinski definition) is 0. The predicted octanol–water partition coefficient (Wildman–Crippen LogP) is 4.56. The molecule has 0 aliphatic rings. The quantitative estimate of drug-likeness (QED) is 0.532. The van der Waals surface area contributed by atoms with Gasteiger partial charge in [0.05, 0.1) is 5.56 Å². The fraction of sp³-hybridized carbons (Fsp3) is 0.286. The summed E-state index contributed by atoms with van der Waals surface area (Å²) < 4.78 is 61.1. The molecule has 0 spiro atoms. The fourth-order valence-electron chi connectivity index (χ4n) is 0.954. The molecule has 0 atom stereocenters. The number of alkyl halides is 5. The first-order valence-electron chi connectivity index (χ1n) is 3.44. The zero-order valence-electron chi connectivity index (χ0n) is 6.75. The largest absolute Gasteiger partial charge is 0.419 e. The fourth-order valence-corrected chi connectivity index (χ4v) is 2.26. The van der Waals surface area contributed by atoms with Crippen LogP contribution in [0.5, 0.6) is 0 Å². The van der Waals surface area contributed by atoms with Crippen molar-refractivity contribution in [3.05, 3.63) is 26.4 Å². The molecule has 0 unspecified atom stereocenters. The Labute approximate surface area is 97.9 Å². The van der Waals surface area contributed by atoms with Crippen LogP contribution in [0.3, 0.4) is 0 Å². The number of nitrogens with zero attached hydrogens (tertiary/aromatic N) is 1. The highest BCUT2D eigenvalue weighted by molar-refractivity contribution is 9.11. The monoisotopic (exact) mass is 353 g/mol. The summed E-state index contributed by atoms with van der Waals surface area (Å²) in [4.78, 5) is 3.36. The van der Waals surface area contributed by atoms with Gasteiger partial charge in [-0.1, -0.05) is 0 Å². The molecule has 1 heterocycles. The predicted molar refractivity (Wildman–Crippen MR) is 49.6 cm³/mol. The molecule has 1 aromatic rings. The van der Waals surface area contributed by atoms with Crippen molar-refractivity contribution in [2.75, 3.05) is 0 Å². The maximum atomic E-state index is 12.4. The van der Waals surface area contributed by atoms with Gasteiger partial charge in [0.25, 0.3) is 6.43 Å². The minimum absolute atomic E-state index is 0.0855. The van der Waals surface area contributed by atoms with E-state index in [-0.39, 0.29) is 4.60 Å². The van der Waals surface area contributed by atoms with Crippen LogP contribution >= 0.6 is 31.9 Å². The van der Waals surface area contributed by atoms with E-state index >= 15 is 0 Å². The van der Waals surface area contributed by atoms with Crippen molar-refractivity contribution < 1.29 is 22.0 Å². The van der Waals surface area contributed by atoms with Crippen molar-refractivity contribution in [2.45, 2.75) is 12.6 Å². The minimum Gasteiger partial charge on any atom is -0.233 e. The molecule has 0 saturated heterocycles. The van der Waals surface area contributed by atoms with Gasteiger partial charge in [0.1, 0.15) is 9.21 Å². The van der Waals surface area contributed by atoms with Crippen molar-refractivity contribution >= 4 is 31.9 Å². The lowest BCUT2D eigenvalue weighted by Crippen LogP contribution is -2.12. The summed E-state index contributed by atoms with van der Waals surface area (Å²) in [6.07, 6.45) is -8.07. The number of hydrogen-bond acceptors (Lipinski definition) is 1. The normalized spacial score (nSPS) is 12.3. The van der Waals surface area contributed by atoms with Crippen LogP contribution < -0.4 is 0 Å². The van der Waals surface area contributed by atoms with Gasteiger partial charge >= 0.3 is 6.18 Å². The number of halogens is 7. The maximum Gasteiger partial charge on any atom is 0.419 e. The standard InChI is InChI=1S/C7H2Br2F5N/c8-3-1-2(6(10)11)4(5(9)15-3)7(12,13)14/h1,6H. The van der Waals surface area contributed by atoms with E-state index in [1.54, 1.807) is 0 Å². The van der Waals surface area contributed by atoms with Crippen LogP contribution in [-0.2, 0) is 6.18 Å². The first kappa shape index (κ1) is 12.8. The Balaban J connectivity index is 3.48. The van der Waals surface area contributed by atoms with Crippen LogP contribution in [0, 0.1) is 0 Å². The van der Waals surface area contributed by atoms with Gasteiger partial charge in [-0.05, 0) is 37.9 Å². The Bertz CT molecular complexity index is 376. The van der Waals surface area contributed by atoms with Crippen LogP contribution in [0.15, 0.2) is 15.3 Å². The molecule has 1 aromatic heterocycles. The third-order valence-electron chi connectivity index (χ3n) is 1.49. The van der Waals surface area contributed by atoms with Crippen LogP contribution in [0.1, 0.15) is 17.6 Å². The second-order valence-electron chi connectivity index (χ2n) is 2.50. The molecule has 1 nitrogen and oxygen atoms in total. The van der Waals surface area contributed by atoms with Crippen LogP contribution in [-0.4, -0.2) is 4.98 Å². The lowest BCUT2D eigenvalue weighted by atomic mass is 10.1. The molecule has 0 saturated carbocycles. The average Bonchev–Trinajstić information content (AvgIpc) is 1.99. The van der Waals surface area contributed by atoms with E-state index < -0.39 is 28.3 Å². The van der Waals surface area contributed by atoms with Gasteiger partial charge < -0.3 is 0 Å². The van der Waals surface area contributed by atoms with Gasteiger partial charge in [-0.15, -0.1) is 0 Å². The molecular weight excluding hydrogens is 353 g/mol. The second kappa shape index (κ2) is 4.32. The van der Waals surface area contributed by atoms with Crippen LogP contribution in [0.2, 0.25) is 0 Å². The SMILES string of the molecule is FC(F)c1cc(Br)nc(Br)c1C(F)(F)F. The summed E-state index contributed by atoms with van der Waals surface area (Å²) in [6.45, 7) is 0. The van der Waals surface area contributed by atoms with E-state index in [1.165, 1.54) is 0 Å². The Morgan fingerprint density at radius 2 is 1.73 bits per heavy atom. The zero-order valence-corrected chi connectivity index (χ0v) is 9.92. The summed E-state index contributed by atoms with van der Waals surface area (Å²) in [5.41, 5.74) is -2.54. The highest BCUT2D eigenvalue weighted by Gasteiger charge is 2.39. The summed E-state index contributed by atoms with van der Waals surface area (Å²) in [6, 6.07) is 0.651. The van der Waals surface area contributed by atoms with Crippen LogP contribution in [0.4, 0.5) is 22.0 Å². The van der Waals surface area contributed by atoms with Crippen molar-refractivity contribution in [3.63, 3.8) is 0 Å². The minimum atomic E-state index is -4.86. The van der Waals surface area contributed by atoms with E-state index in [4.69, 9.17) is 0 Å². The van der Waals surface area contributed by atoms with E-state index in [2.05, 4.69) is 36.8 Å². The zero-order chi connectivity index (χ0) is 11.8. The topological polar surface area (TPSA) is 12.9 Å². The molecule has 0 amide bonds. The maximum absolute atomic E-state index is 12.4. The van der Waals surface area contributed by atoms with E-state index in [1.807, 2.05) is 0 Å². The smallest absolute Gasteiger partial charge is 0.233 e. The highest BCUT2D eigenvalue weighted by Crippen LogP contribution is 2.40. The van der Waals surface area contributed by atoms with Gasteiger partial charge in [0, 0.05) is 5.56 Å². The van der Waals surface area contributed by atoms with Gasteiger partial charge in [-0.25, -0.2) is 13.8 Å². The molecular formula is C7H2Br2F5N. The summed E-state index contributed by atoms with van der Waals surface area (Å²) in [7, 11) is 0. The highest BCUT2D eigenvalue weighted by atomic mass is 79.9. The van der Waals surface area contributed by atoms with E-state index in [0.29, 0.717) is 6.07 Å². The lowest BCUT2D eigenvalue weighted by Gasteiger charge is -2.13.